The Balaban J connectivity index is 1.89. The molecule has 2 rings (SSSR count). The van der Waals surface area contributed by atoms with E-state index in [0.29, 0.717) is 23.7 Å². The van der Waals surface area contributed by atoms with Crippen LogP contribution < -0.4 is 5.32 Å². The Morgan fingerprint density at radius 1 is 1.29 bits per heavy atom. The fourth-order valence-corrected chi connectivity index (χ4v) is 3.10. The summed E-state index contributed by atoms with van der Waals surface area (Å²) in [6, 6.07) is 8.06. The van der Waals surface area contributed by atoms with E-state index in [4.69, 9.17) is 16.3 Å². The van der Waals surface area contributed by atoms with Crippen LogP contribution in [0, 0.1) is 0 Å². The Morgan fingerprint density at radius 2 is 1.90 bits per heavy atom. The number of carbonyl (C=O) groups is 1. The number of nitrogens with one attached hydrogen (secondary N) is 1. The van der Waals surface area contributed by atoms with Crippen LogP contribution in [0.4, 0.5) is 0 Å². The van der Waals surface area contributed by atoms with E-state index in [9.17, 15) is 4.79 Å². The number of ether oxygens (including phenoxy) is 1. The Labute approximate surface area is 132 Å². The Bertz CT molecular complexity index is 452. The van der Waals surface area contributed by atoms with Crippen LogP contribution in [0.25, 0.3) is 0 Å². The monoisotopic (exact) mass is 309 g/mol. The second-order valence-corrected chi connectivity index (χ2v) is 6.27. The number of methoxy groups -OCH3 is 1. The van der Waals surface area contributed by atoms with Gasteiger partial charge in [-0.15, -0.1) is 0 Å². The van der Waals surface area contributed by atoms with Gasteiger partial charge in [-0.2, -0.15) is 0 Å². The molecule has 116 valence electrons. The number of hydrogen-bond acceptors (Lipinski definition) is 3. The summed E-state index contributed by atoms with van der Waals surface area (Å²) >= 11 is 5.91. The number of hydrogen-bond donors (Lipinski definition) is 1. The summed E-state index contributed by atoms with van der Waals surface area (Å²) in [6.07, 6.45) is 4.83. The van der Waals surface area contributed by atoms with Gasteiger partial charge in [0.05, 0.1) is 12.0 Å². The van der Waals surface area contributed by atoms with E-state index in [1.165, 1.54) is 0 Å². The van der Waals surface area contributed by atoms with Crippen LogP contribution in [0.15, 0.2) is 24.3 Å². The van der Waals surface area contributed by atoms with E-state index in [1.54, 1.807) is 14.0 Å². The fourth-order valence-electron chi connectivity index (χ4n) is 2.98. The van der Waals surface area contributed by atoms with Gasteiger partial charge in [-0.25, -0.2) is 0 Å². The van der Waals surface area contributed by atoms with Crippen LogP contribution >= 0.6 is 11.6 Å². The highest BCUT2D eigenvalue weighted by atomic mass is 35.5. The molecule has 0 aliphatic heterocycles. The third-order valence-corrected chi connectivity index (χ3v) is 4.63. The summed E-state index contributed by atoms with van der Waals surface area (Å²) in [4.78, 5) is 11.9. The van der Waals surface area contributed by atoms with E-state index in [0.717, 1.165) is 31.2 Å². The lowest BCUT2D eigenvalue weighted by atomic mass is 9.91. The van der Waals surface area contributed by atoms with E-state index in [-0.39, 0.29) is 11.7 Å². The van der Waals surface area contributed by atoms with Crippen LogP contribution in [0.3, 0.4) is 0 Å². The lowest BCUT2D eigenvalue weighted by Gasteiger charge is -2.29. The number of rotatable bonds is 6. The maximum Gasteiger partial charge on any atom is 0.138 e. The molecule has 1 unspecified atom stereocenters. The predicted octanol–water partition coefficient (Wildman–Crippen LogP) is 3.56. The summed E-state index contributed by atoms with van der Waals surface area (Å²) in [5.74, 6) is 0.0952. The molecule has 0 bridgehead atoms. The van der Waals surface area contributed by atoms with Crippen molar-refractivity contribution >= 4 is 17.4 Å². The second kappa shape index (κ2) is 7.92. The zero-order chi connectivity index (χ0) is 15.2. The van der Waals surface area contributed by atoms with E-state index in [1.807, 2.05) is 24.3 Å². The molecule has 1 saturated carbocycles. The first-order valence-electron chi connectivity index (χ1n) is 7.62. The summed E-state index contributed by atoms with van der Waals surface area (Å²) in [6.45, 7) is 2.35. The van der Waals surface area contributed by atoms with Crippen molar-refractivity contribution in [2.45, 2.75) is 50.7 Å². The standard InChI is InChI=1S/C17H24ClNO2/c1-12(20)17(13-3-5-14(18)6-4-13)11-19-15-7-9-16(21-2)10-8-15/h3-6,15-17,19H,7-11H2,1-2H3. The first kappa shape index (κ1) is 16.5. The van der Waals surface area contributed by atoms with Gasteiger partial charge < -0.3 is 10.1 Å². The van der Waals surface area contributed by atoms with Gasteiger partial charge in [0, 0.05) is 24.7 Å². The van der Waals surface area contributed by atoms with Gasteiger partial charge in [-0.1, -0.05) is 23.7 Å². The zero-order valence-corrected chi connectivity index (χ0v) is 13.5. The Hall–Kier alpha value is -0.900. The van der Waals surface area contributed by atoms with Gasteiger partial charge in [0.15, 0.2) is 0 Å². The molecule has 1 aromatic rings. The number of Topliss-reactive ketones (excluding diaryl/α,β-unsaturated/α-hetero) is 1. The molecule has 1 atom stereocenters. The highest BCUT2D eigenvalue weighted by Gasteiger charge is 2.23. The van der Waals surface area contributed by atoms with Crippen molar-refractivity contribution in [2.75, 3.05) is 13.7 Å². The average Bonchev–Trinajstić information content (AvgIpc) is 2.49. The fraction of sp³-hybridized carbons (Fsp3) is 0.588. The molecule has 0 heterocycles. The molecule has 0 amide bonds. The maximum absolute atomic E-state index is 11.9. The maximum atomic E-state index is 11.9. The molecule has 0 saturated heterocycles. The summed E-state index contributed by atoms with van der Waals surface area (Å²) in [5.41, 5.74) is 1.03. The topological polar surface area (TPSA) is 38.3 Å². The molecule has 0 aromatic heterocycles. The third kappa shape index (κ3) is 4.80. The SMILES string of the molecule is COC1CCC(NCC(C(C)=O)c2ccc(Cl)cc2)CC1. The van der Waals surface area contributed by atoms with Crippen LogP contribution in [0.1, 0.15) is 44.1 Å². The van der Waals surface area contributed by atoms with Crippen molar-refractivity contribution in [3.63, 3.8) is 0 Å². The minimum atomic E-state index is -0.0950. The van der Waals surface area contributed by atoms with Gasteiger partial charge >= 0.3 is 0 Å². The van der Waals surface area contributed by atoms with Crippen molar-refractivity contribution in [3.8, 4) is 0 Å². The molecule has 4 heteroatoms. The molecule has 3 nitrogen and oxygen atoms in total. The minimum Gasteiger partial charge on any atom is -0.381 e. The number of benzene rings is 1. The summed E-state index contributed by atoms with van der Waals surface area (Å²) in [7, 11) is 1.78. The molecule has 0 spiro atoms. The van der Waals surface area contributed by atoms with Gasteiger partial charge in [-0.3, -0.25) is 4.79 Å². The molecule has 1 aromatic carbocycles. The number of halogens is 1. The van der Waals surface area contributed by atoms with Crippen LogP contribution in [0.2, 0.25) is 5.02 Å². The largest absolute Gasteiger partial charge is 0.381 e. The predicted molar refractivity (Wildman–Crippen MR) is 85.9 cm³/mol. The van der Waals surface area contributed by atoms with Gasteiger partial charge in [0.2, 0.25) is 0 Å². The van der Waals surface area contributed by atoms with Gasteiger partial charge in [0.1, 0.15) is 5.78 Å². The molecular formula is C17H24ClNO2. The van der Waals surface area contributed by atoms with Crippen LogP contribution in [-0.4, -0.2) is 31.6 Å². The number of ketones is 1. The molecule has 1 aliphatic carbocycles. The molecular weight excluding hydrogens is 286 g/mol. The van der Waals surface area contributed by atoms with Crippen molar-refractivity contribution in [1.29, 1.82) is 0 Å². The molecule has 1 aliphatic rings. The Kier molecular flexibility index (Phi) is 6.22. The lowest BCUT2D eigenvalue weighted by Crippen LogP contribution is -2.38. The highest BCUT2D eigenvalue weighted by Crippen LogP contribution is 2.23. The normalized spacial score (nSPS) is 23.8. The van der Waals surface area contributed by atoms with E-state index < -0.39 is 0 Å². The van der Waals surface area contributed by atoms with E-state index in [2.05, 4.69) is 5.32 Å². The third-order valence-electron chi connectivity index (χ3n) is 4.38. The van der Waals surface area contributed by atoms with Crippen molar-refractivity contribution in [2.24, 2.45) is 0 Å². The van der Waals surface area contributed by atoms with Gasteiger partial charge in [-0.05, 0) is 50.3 Å². The average molecular weight is 310 g/mol. The first-order chi connectivity index (χ1) is 10.1. The van der Waals surface area contributed by atoms with Crippen molar-refractivity contribution < 1.29 is 9.53 Å². The minimum absolute atomic E-state index is 0.0950. The van der Waals surface area contributed by atoms with Crippen LogP contribution in [0.5, 0.6) is 0 Å². The van der Waals surface area contributed by atoms with E-state index >= 15 is 0 Å². The zero-order valence-electron chi connectivity index (χ0n) is 12.8. The molecule has 1 N–H and O–H groups in total. The highest BCUT2D eigenvalue weighted by molar-refractivity contribution is 6.30. The van der Waals surface area contributed by atoms with Crippen molar-refractivity contribution in [1.82, 2.24) is 5.32 Å². The van der Waals surface area contributed by atoms with Crippen LogP contribution in [-0.2, 0) is 9.53 Å². The number of carbonyl (C=O) groups excluding carboxylic acids is 1. The lowest BCUT2D eigenvalue weighted by molar-refractivity contribution is -0.118. The second-order valence-electron chi connectivity index (χ2n) is 5.83. The Morgan fingerprint density at radius 3 is 2.43 bits per heavy atom. The molecule has 1 fully saturated rings. The van der Waals surface area contributed by atoms with Crippen molar-refractivity contribution in [3.05, 3.63) is 34.9 Å². The smallest absolute Gasteiger partial charge is 0.138 e. The van der Waals surface area contributed by atoms with Gasteiger partial charge in [0.25, 0.3) is 0 Å². The summed E-state index contributed by atoms with van der Waals surface area (Å²) < 4.78 is 5.39. The molecule has 21 heavy (non-hydrogen) atoms. The molecule has 0 radical (unpaired) electrons. The first-order valence-corrected chi connectivity index (χ1v) is 8.00. The quantitative estimate of drug-likeness (QED) is 0.873. The summed E-state index contributed by atoms with van der Waals surface area (Å²) in [5, 5.41) is 4.25.